The maximum absolute atomic E-state index is 11.9. The fraction of sp³-hybridized carbons (Fsp3) is 0.400. The summed E-state index contributed by atoms with van der Waals surface area (Å²) in [5.74, 6) is 0.447. The molecule has 0 aromatic heterocycles. The molecule has 0 bridgehead atoms. The summed E-state index contributed by atoms with van der Waals surface area (Å²) in [4.78, 5) is 13.8. The second-order valence-electron chi connectivity index (χ2n) is 4.81. The molecule has 0 unspecified atom stereocenters. The first-order valence-electron chi connectivity index (χ1n) is 6.41. The number of benzene rings is 1. The fourth-order valence-corrected chi connectivity index (χ4v) is 2.47. The molecular formula is C15H22Cl2N2O. The largest absolute Gasteiger partial charge is 0.340 e. The summed E-state index contributed by atoms with van der Waals surface area (Å²) in [6.07, 6.45) is 3.06. The topological polar surface area (TPSA) is 46.3 Å². The highest BCUT2D eigenvalue weighted by molar-refractivity contribution is 5.85. The Labute approximate surface area is 133 Å². The van der Waals surface area contributed by atoms with Crippen molar-refractivity contribution in [2.45, 2.75) is 24.8 Å². The predicted octanol–water partition coefficient (Wildman–Crippen LogP) is 2.75. The van der Waals surface area contributed by atoms with E-state index in [0.717, 1.165) is 13.0 Å². The number of allylic oxidation sites excluding steroid dienone is 1. The number of nitrogens with two attached hydrogens (primary N) is 1. The lowest BCUT2D eigenvalue weighted by atomic mass is 9.95. The number of rotatable bonds is 4. The van der Waals surface area contributed by atoms with Crippen molar-refractivity contribution in [1.82, 2.24) is 4.90 Å². The smallest absolute Gasteiger partial charge is 0.222 e. The summed E-state index contributed by atoms with van der Waals surface area (Å²) in [5.41, 5.74) is 7.38. The van der Waals surface area contributed by atoms with Gasteiger partial charge in [-0.1, -0.05) is 36.4 Å². The van der Waals surface area contributed by atoms with Gasteiger partial charge in [-0.3, -0.25) is 4.79 Å². The van der Waals surface area contributed by atoms with E-state index in [-0.39, 0.29) is 42.7 Å². The zero-order chi connectivity index (χ0) is 13.0. The molecule has 1 aliphatic rings. The summed E-state index contributed by atoms with van der Waals surface area (Å²) in [5, 5.41) is 0. The number of carbonyl (C=O) groups excluding carboxylic acids is 1. The molecule has 0 aliphatic carbocycles. The van der Waals surface area contributed by atoms with Crippen LogP contribution in [0, 0.1) is 0 Å². The Bertz CT molecular complexity index is 425. The van der Waals surface area contributed by atoms with E-state index in [4.69, 9.17) is 5.73 Å². The van der Waals surface area contributed by atoms with Crippen LogP contribution in [0.5, 0.6) is 0 Å². The third kappa shape index (κ3) is 4.51. The van der Waals surface area contributed by atoms with Gasteiger partial charge in [0.15, 0.2) is 0 Å². The van der Waals surface area contributed by atoms with Crippen molar-refractivity contribution in [3.63, 3.8) is 0 Å². The van der Waals surface area contributed by atoms with E-state index in [9.17, 15) is 4.79 Å². The minimum absolute atomic E-state index is 0. The SMILES string of the molecule is C=CCCC(=O)N1C[C@@H](N)[C@H](c2ccccc2)C1.Cl.Cl. The van der Waals surface area contributed by atoms with Crippen LogP contribution in [0.3, 0.4) is 0 Å². The Morgan fingerprint density at radius 3 is 2.55 bits per heavy atom. The van der Waals surface area contributed by atoms with Gasteiger partial charge in [0.1, 0.15) is 0 Å². The summed E-state index contributed by atoms with van der Waals surface area (Å²) < 4.78 is 0. The molecule has 1 fully saturated rings. The summed E-state index contributed by atoms with van der Waals surface area (Å²) in [7, 11) is 0. The van der Waals surface area contributed by atoms with Crippen LogP contribution < -0.4 is 5.73 Å². The predicted molar refractivity (Wildman–Crippen MR) is 87.7 cm³/mol. The van der Waals surface area contributed by atoms with Crippen molar-refractivity contribution in [1.29, 1.82) is 0 Å². The van der Waals surface area contributed by atoms with Gasteiger partial charge in [-0.25, -0.2) is 0 Å². The molecular weight excluding hydrogens is 295 g/mol. The van der Waals surface area contributed by atoms with Crippen molar-refractivity contribution in [2.75, 3.05) is 13.1 Å². The minimum atomic E-state index is 0. The Hall–Kier alpha value is -1.03. The fourth-order valence-electron chi connectivity index (χ4n) is 2.47. The zero-order valence-corrected chi connectivity index (χ0v) is 13.0. The first-order valence-corrected chi connectivity index (χ1v) is 6.41. The van der Waals surface area contributed by atoms with E-state index in [1.54, 1.807) is 6.08 Å². The van der Waals surface area contributed by atoms with Gasteiger partial charge in [0.2, 0.25) is 5.91 Å². The van der Waals surface area contributed by atoms with Crippen LogP contribution in [0.25, 0.3) is 0 Å². The maximum Gasteiger partial charge on any atom is 0.222 e. The van der Waals surface area contributed by atoms with E-state index in [2.05, 4.69) is 18.7 Å². The number of carbonyl (C=O) groups is 1. The van der Waals surface area contributed by atoms with Gasteiger partial charge < -0.3 is 10.6 Å². The number of hydrogen-bond acceptors (Lipinski definition) is 2. The third-order valence-electron chi connectivity index (χ3n) is 3.51. The molecule has 1 heterocycles. The monoisotopic (exact) mass is 316 g/mol. The molecule has 2 atom stereocenters. The van der Waals surface area contributed by atoms with Crippen LogP contribution >= 0.6 is 24.8 Å². The molecule has 1 aromatic rings. The van der Waals surface area contributed by atoms with Crippen molar-refractivity contribution in [2.24, 2.45) is 5.73 Å². The Kier molecular flexibility index (Phi) is 8.54. The first-order chi connectivity index (χ1) is 8.72. The highest BCUT2D eigenvalue weighted by Crippen LogP contribution is 2.26. The van der Waals surface area contributed by atoms with Gasteiger partial charge in [-0.05, 0) is 12.0 Å². The molecule has 1 aliphatic heterocycles. The lowest BCUT2D eigenvalue weighted by molar-refractivity contribution is -0.130. The van der Waals surface area contributed by atoms with Crippen LogP contribution in [0.15, 0.2) is 43.0 Å². The van der Waals surface area contributed by atoms with E-state index in [0.29, 0.717) is 13.0 Å². The molecule has 1 amide bonds. The molecule has 3 nitrogen and oxygen atoms in total. The molecule has 5 heteroatoms. The second kappa shape index (κ2) is 9.01. The number of nitrogens with zero attached hydrogens (tertiary/aromatic N) is 1. The van der Waals surface area contributed by atoms with Crippen LogP contribution in [-0.2, 0) is 4.79 Å². The van der Waals surface area contributed by atoms with Gasteiger partial charge >= 0.3 is 0 Å². The number of likely N-dealkylation sites (tertiary alicyclic amines) is 1. The molecule has 2 rings (SSSR count). The van der Waals surface area contributed by atoms with Crippen LogP contribution in [0.1, 0.15) is 24.3 Å². The van der Waals surface area contributed by atoms with Crippen LogP contribution in [0.2, 0.25) is 0 Å². The molecule has 20 heavy (non-hydrogen) atoms. The molecule has 0 saturated carbocycles. The number of halogens is 2. The molecule has 1 aromatic carbocycles. The van der Waals surface area contributed by atoms with Crippen LogP contribution in [0.4, 0.5) is 0 Å². The maximum atomic E-state index is 11.9. The molecule has 0 radical (unpaired) electrons. The minimum Gasteiger partial charge on any atom is -0.340 e. The quantitative estimate of drug-likeness (QED) is 0.868. The van der Waals surface area contributed by atoms with Crippen LogP contribution in [-0.4, -0.2) is 29.9 Å². The molecule has 112 valence electrons. The van der Waals surface area contributed by atoms with Gasteiger partial charge in [-0.15, -0.1) is 31.4 Å². The van der Waals surface area contributed by atoms with Gasteiger partial charge in [0.05, 0.1) is 0 Å². The van der Waals surface area contributed by atoms with E-state index >= 15 is 0 Å². The molecule has 0 spiro atoms. The van der Waals surface area contributed by atoms with Crippen molar-refractivity contribution >= 4 is 30.7 Å². The summed E-state index contributed by atoms with van der Waals surface area (Å²) >= 11 is 0. The van der Waals surface area contributed by atoms with E-state index in [1.165, 1.54) is 5.56 Å². The Morgan fingerprint density at radius 1 is 1.30 bits per heavy atom. The second-order valence-corrected chi connectivity index (χ2v) is 4.81. The van der Waals surface area contributed by atoms with Gasteiger partial charge in [-0.2, -0.15) is 0 Å². The first kappa shape index (κ1) is 19.0. The number of amides is 1. The highest BCUT2D eigenvalue weighted by Gasteiger charge is 2.33. The van der Waals surface area contributed by atoms with Gasteiger partial charge in [0, 0.05) is 31.5 Å². The lowest BCUT2D eigenvalue weighted by Crippen LogP contribution is -2.31. The Morgan fingerprint density at radius 2 is 1.95 bits per heavy atom. The summed E-state index contributed by atoms with van der Waals surface area (Å²) in [6, 6.07) is 10.2. The summed E-state index contributed by atoms with van der Waals surface area (Å²) in [6.45, 7) is 5.04. The third-order valence-corrected chi connectivity index (χ3v) is 3.51. The molecule has 1 saturated heterocycles. The zero-order valence-electron chi connectivity index (χ0n) is 11.4. The van der Waals surface area contributed by atoms with Crippen molar-refractivity contribution < 1.29 is 4.79 Å². The van der Waals surface area contributed by atoms with Crippen molar-refractivity contribution in [3.8, 4) is 0 Å². The lowest BCUT2D eigenvalue weighted by Gasteiger charge is -2.16. The molecule has 2 N–H and O–H groups in total. The van der Waals surface area contributed by atoms with Gasteiger partial charge in [0.25, 0.3) is 0 Å². The Balaban J connectivity index is 0.00000180. The average Bonchev–Trinajstić information content (AvgIpc) is 2.79. The average molecular weight is 317 g/mol. The standard InChI is InChI=1S/C15H20N2O.2ClH/c1-2-3-9-15(18)17-10-13(14(16)11-17)12-7-5-4-6-8-12;;/h2,4-8,13-14H,1,3,9-11,16H2;2*1H/t13-,14+;;/m0../s1. The van der Waals surface area contributed by atoms with E-state index < -0.39 is 0 Å². The van der Waals surface area contributed by atoms with Crippen molar-refractivity contribution in [3.05, 3.63) is 48.6 Å². The number of hydrogen-bond donors (Lipinski definition) is 1. The highest BCUT2D eigenvalue weighted by atomic mass is 35.5. The van der Waals surface area contributed by atoms with E-state index in [1.807, 2.05) is 23.1 Å². The normalized spacial score (nSPS) is 20.8.